The van der Waals surface area contributed by atoms with Gasteiger partial charge in [0.05, 0.1) is 0 Å². The fraction of sp³-hybridized carbons (Fsp3) is 0.667. The summed E-state index contributed by atoms with van der Waals surface area (Å²) in [5, 5.41) is 9.07. The van der Waals surface area contributed by atoms with Crippen molar-refractivity contribution in [3.8, 4) is 0 Å². The number of halogens is 2. The summed E-state index contributed by atoms with van der Waals surface area (Å²) in [5.74, 6) is 0. The van der Waals surface area contributed by atoms with Gasteiger partial charge in [0.25, 0.3) is 0 Å². The summed E-state index contributed by atoms with van der Waals surface area (Å²) in [7, 11) is 0. The van der Waals surface area contributed by atoms with E-state index in [0.29, 0.717) is 0 Å². The molecular formula is C3H4F2O2. The van der Waals surface area contributed by atoms with Crippen LogP contribution in [0.5, 0.6) is 0 Å². The van der Waals surface area contributed by atoms with Crippen molar-refractivity contribution in [2.24, 2.45) is 0 Å². The third kappa shape index (κ3) is 2.47. The van der Waals surface area contributed by atoms with Crippen LogP contribution in [0.25, 0.3) is 0 Å². The van der Waals surface area contributed by atoms with Gasteiger partial charge in [-0.1, -0.05) is 0 Å². The molecule has 0 aliphatic carbocycles. The molecular weight excluding hydrogens is 106 g/mol. The first kappa shape index (κ1) is 6.78. The maximum atomic E-state index is 11.0. The van der Waals surface area contributed by atoms with Crippen molar-refractivity contribution in [2.75, 3.05) is 0 Å². The Balaban J connectivity index is 3.14. The van der Waals surface area contributed by atoms with Crippen LogP contribution in [0.15, 0.2) is 0 Å². The lowest BCUT2D eigenvalue weighted by Crippen LogP contribution is -2.07. The molecule has 0 bridgehead atoms. The fourth-order valence-corrected chi connectivity index (χ4v) is 0.0364. The molecule has 0 fully saturated rings. The SMILES string of the molecule is CC(O[O])[C](F)F. The molecule has 0 aliphatic rings. The van der Waals surface area contributed by atoms with Crippen molar-refractivity contribution in [2.45, 2.75) is 13.0 Å². The molecule has 0 saturated carbocycles. The van der Waals surface area contributed by atoms with E-state index in [4.69, 9.17) is 5.26 Å². The van der Waals surface area contributed by atoms with Gasteiger partial charge in [-0.15, -0.1) is 0 Å². The van der Waals surface area contributed by atoms with E-state index in [-0.39, 0.29) is 0 Å². The molecule has 0 rings (SSSR count). The lowest BCUT2D eigenvalue weighted by molar-refractivity contribution is -0.335. The van der Waals surface area contributed by atoms with E-state index in [9.17, 15) is 8.78 Å². The average molecular weight is 110 g/mol. The second kappa shape index (κ2) is 2.87. The van der Waals surface area contributed by atoms with E-state index in [2.05, 4.69) is 4.89 Å². The van der Waals surface area contributed by atoms with E-state index < -0.39 is 12.5 Å². The molecule has 2 radical (unpaired) electrons. The Kier molecular flexibility index (Phi) is 2.78. The van der Waals surface area contributed by atoms with Crippen LogP contribution < -0.4 is 0 Å². The first-order valence-electron chi connectivity index (χ1n) is 1.65. The Labute approximate surface area is 39.6 Å². The van der Waals surface area contributed by atoms with Crippen molar-refractivity contribution in [3.63, 3.8) is 0 Å². The van der Waals surface area contributed by atoms with Gasteiger partial charge >= 0.3 is 6.43 Å². The summed E-state index contributed by atoms with van der Waals surface area (Å²) in [6.45, 7) is 0.975. The Morgan fingerprint density at radius 2 is 2.14 bits per heavy atom. The molecule has 7 heavy (non-hydrogen) atoms. The zero-order valence-electron chi connectivity index (χ0n) is 3.65. The van der Waals surface area contributed by atoms with E-state index in [1.807, 2.05) is 0 Å². The third-order valence-electron chi connectivity index (χ3n) is 0.452. The molecule has 0 N–H and O–H groups in total. The van der Waals surface area contributed by atoms with Crippen LogP contribution in [0.1, 0.15) is 6.92 Å². The average Bonchev–Trinajstić information content (AvgIpc) is 1.65. The second-order valence-electron chi connectivity index (χ2n) is 1.03. The molecule has 2 nitrogen and oxygen atoms in total. The van der Waals surface area contributed by atoms with Crippen molar-refractivity contribution in [3.05, 3.63) is 6.43 Å². The lowest BCUT2D eigenvalue weighted by atomic mass is 10.4. The van der Waals surface area contributed by atoms with E-state index in [1.165, 1.54) is 0 Å². The second-order valence-corrected chi connectivity index (χ2v) is 1.03. The first-order valence-corrected chi connectivity index (χ1v) is 1.65. The van der Waals surface area contributed by atoms with E-state index in [0.717, 1.165) is 6.92 Å². The monoisotopic (exact) mass is 110 g/mol. The third-order valence-corrected chi connectivity index (χ3v) is 0.452. The fourth-order valence-electron chi connectivity index (χ4n) is 0.0364. The number of hydrogen-bond donors (Lipinski definition) is 0. The summed E-state index contributed by atoms with van der Waals surface area (Å²) in [6.07, 6.45) is -3.56. The van der Waals surface area contributed by atoms with Crippen LogP contribution >= 0.6 is 0 Å². The zero-order valence-corrected chi connectivity index (χ0v) is 3.65. The molecule has 4 heteroatoms. The highest BCUT2D eigenvalue weighted by atomic mass is 19.3. The van der Waals surface area contributed by atoms with Crippen molar-refractivity contribution in [1.82, 2.24) is 0 Å². The maximum Gasteiger partial charge on any atom is 0.341 e. The lowest BCUT2D eigenvalue weighted by Gasteiger charge is -1.98. The summed E-state index contributed by atoms with van der Waals surface area (Å²) in [5.41, 5.74) is 0. The molecule has 0 aromatic rings. The van der Waals surface area contributed by atoms with Crippen LogP contribution in [-0.4, -0.2) is 6.10 Å². The van der Waals surface area contributed by atoms with E-state index >= 15 is 0 Å². The summed E-state index contributed by atoms with van der Waals surface area (Å²) in [6, 6.07) is 0. The molecule has 0 aromatic carbocycles. The van der Waals surface area contributed by atoms with Gasteiger partial charge in [0.2, 0.25) is 0 Å². The normalized spacial score (nSPS) is 15.0. The van der Waals surface area contributed by atoms with Gasteiger partial charge in [-0.05, 0) is 12.2 Å². The van der Waals surface area contributed by atoms with E-state index in [1.54, 1.807) is 0 Å². The van der Waals surface area contributed by atoms with Crippen molar-refractivity contribution in [1.29, 1.82) is 0 Å². The molecule has 0 spiro atoms. The molecule has 0 heterocycles. The Hall–Kier alpha value is -0.220. The molecule has 0 saturated heterocycles. The van der Waals surface area contributed by atoms with Crippen LogP contribution in [0.3, 0.4) is 0 Å². The number of rotatable bonds is 2. The minimum atomic E-state index is -1.99. The smallest absolute Gasteiger partial charge is 0.197 e. The van der Waals surface area contributed by atoms with Crippen LogP contribution in [-0.2, 0) is 10.1 Å². The van der Waals surface area contributed by atoms with Crippen molar-refractivity contribution < 1.29 is 18.9 Å². The van der Waals surface area contributed by atoms with Crippen molar-refractivity contribution >= 4 is 0 Å². The predicted molar refractivity (Wildman–Crippen MR) is 16.7 cm³/mol. The zero-order chi connectivity index (χ0) is 5.86. The maximum absolute atomic E-state index is 11.0. The topological polar surface area (TPSA) is 29.1 Å². The molecule has 42 valence electrons. The highest BCUT2D eigenvalue weighted by Gasteiger charge is 2.17. The Bertz CT molecular complexity index is 48.2. The van der Waals surface area contributed by atoms with Gasteiger partial charge < -0.3 is 0 Å². The van der Waals surface area contributed by atoms with Gasteiger partial charge in [0.1, 0.15) is 0 Å². The highest BCUT2D eigenvalue weighted by molar-refractivity contribution is 4.66. The first-order chi connectivity index (χ1) is 3.18. The van der Waals surface area contributed by atoms with Crippen LogP contribution in [0, 0.1) is 6.43 Å². The van der Waals surface area contributed by atoms with Gasteiger partial charge in [-0.25, -0.2) is 0 Å². The molecule has 1 unspecified atom stereocenters. The Morgan fingerprint density at radius 3 is 2.14 bits per heavy atom. The molecule has 1 atom stereocenters. The van der Waals surface area contributed by atoms with Gasteiger partial charge in [0.15, 0.2) is 6.10 Å². The quantitative estimate of drug-likeness (QED) is 0.387. The standard InChI is InChI=1S/C3H4F2O2/c1-2(7-6)3(4)5/h2H,1H3. The Morgan fingerprint density at radius 1 is 1.71 bits per heavy atom. The molecule has 0 aromatic heterocycles. The minimum Gasteiger partial charge on any atom is -0.197 e. The van der Waals surface area contributed by atoms with Gasteiger partial charge in [0, 0.05) is 0 Å². The predicted octanol–water partition coefficient (Wildman–Crippen LogP) is 1.17. The largest absolute Gasteiger partial charge is 0.341 e. The summed E-state index contributed by atoms with van der Waals surface area (Å²) in [4.78, 5) is 2.97. The van der Waals surface area contributed by atoms with Crippen LogP contribution in [0.2, 0.25) is 0 Å². The van der Waals surface area contributed by atoms with Crippen LogP contribution in [0.4, 0.5) is 8.78 Å². The summed E-state index contributed by atoms with van der Waals surface area (Å²) < 4.78 is 22.0. The molecule has 0 amide bonds. The molecule has 0 aliphatic heterocycles. The van der Waals surface area contributed by atoms with Gasteiger partial charge in [-0.2, -0.15) is 13.7 Å². The summed E-state index contributed by atoms with van der Waals surface area (Å²) >= 11 is 0. The highest BCUT2D eigenvalue weighted by Crippen LogP contribution is 2.10. The van der Waals surface area contributed by atoms with Gasteiger partial charge in [-0.3, -0.25) is 0 Å². The minimum absolute atomic E-state index is 0.975. The number of hydrogen-bond acceptors (Lipinski definition) is 1.